The summed E-state index contributed by atoms with van der Waals surface area (Å²) in [6.07, 6.45) is -4.56. The van der Waals surface area contributed by atoms with Gasteiger partial charge in [0.1, 0.15) is 0 Å². The molecule has 11 heteroatoms. The highest BCUT2D eigenvalue weighted by atomic mass is 19.4. The highest BCUT2D eigenvalue weighted by Crippen LogP contribution is 2.44. The number of anilines is 1. The third-order valence-electron chi connectivity index (χ3n) is 4.25. The van der Waals surface area contributed by atoms with E-state index in [0.717, 1.165) is 0 Å². The summed E-state index contributed by atoms with van der Waals surface area (Å²) in [7, 11) is 0. The zero-order valence-electron chi connectivity index (χ0n) is 13.2. The Hall–Kier alpha value is -2.43. The second-order valence-corrected chi connectivity index (χ2v) is 5.96. The van der Waals surface area contributed by atoms with E-state index in [-0.39, 0.29) is 19.0 Å². The molecule has 2 rings (SSSR count). The average molecular weight is 363 g/mol. The van der Waals surface area contributed by atoms with Gasteiger partial charge in [-0.25, -0.2) is 0 Å². The van der Waals surface area contributed by atoms with Crippen molar-refractivity contribution in [3.8, 4) is 0 Å². The lowest BCUT2D eigenvalue weighted by Gasteiger charge is -2.35. The molecule has 138 valence electrons. The molecule has 0 bridgehead atoms. The van der Waals surface area contributed by atoms with Crippen molar-refractivity contribution in [3.05, 3.63) is 37.9 Å². The number of aliphatic hydroxyl groups excluding tert-OH is 1. The predicted octanol–water partition coefficient (Wildman–Crippen LogP) is 3.12. The van der Waals surface area contributed by atoms with E-state index in [4.69, 9.17) is 0 Å². The van der Waals surface area contributed by atoms with Crippen molar-refractivity contribution in [1.82, 2.24) is 0 Å². The van der Waals surface area contributed by atoms with E-state index in [9.17, 15) is 38.5 Å². The van der Waals surface area contributed by atoms with Crippen LogP contribution in [0.15, 0.2) is 12.1 Å². The molecule has 0 spiro atoms. The summed E-state index contributed by atoms with van der Waals surface area (Å²) in [6, 6.07) is 0.628. The first-order valence-electron chi connectivity index (χ1n) is 7.49. The molecule has 1 heterocycles. The van der Waals surface area contributed by atoms with Crippen molar-refractivity contribution in [2.24, 2.45) is 5.92 Å². The fraction of sp³-hybridized carbons (Fsp3) is 0.571. The van der Waals surface area contributed by atoms with Crippen LogP contribution in [0, 0.1) is 26.1 Å². The normalized spacial score (nSPS) is 19.6. The van der Waals surface area contributed by atoms with Crippen molar-refractivity contribution < 1.29 is 28.1 Å². The van der Waals surface area contributed by atoms with Crippen LogP contribution in [-0.2, 0) is 6.18 Å². The fourth-order valence-corrected chi connectivity index (χ4v) is 2.98. The third kappa shape index (κ3) is 3.98. The minimum atomic E-state index is -4.95. The second-order valence-electron chi connectivity index (χ2n) is 5.96. The number of nitrogens with zero attached hydrogens (tertiary/aromatic N) is 3. The van der Waals surface area contributed by atoms with Crippen LogP contribution >= 0.6 is 0 Å². The Morgan fingerprint density at radius 1 is 1.24 bits per heavy atom. The van der Waals surface area contributed by atoms with Crippen LogP contribution in [0.1, 0.15) is 25.3 Å². The Kier molecular flexibility index (Phi) is 5.16. The van der Waals surface area contributed by atoms with Gasteiger partial charge in [0.2, 0.25) is 0 Å². The van der Waals surface area contributed by atoms with Gasteiger partial charge in [-0.05, 0) is 19.8 Å². The summed E-state index contributed by atoms with van der Waals surface area (Å²) in [5.74, 6) is -0.282. The molecule has 8 nitrogen and oxygen atoms in total. The van der Waals surface area contributed by atoms with Crippen LogP contribution in [-0.4, -0.2) is 34.1 Å². The second kappa shape index (κ2) is 6.82. The first-order valence-corrected chi connectivity index (χ1v) is 7.49. The highest BCUT2D eigenvalue weighted by Gasteiger charge is 2.40. The molecule has 0 radical (unpaired) electrons. The minimum Gasteiger partial charge on any atom is -0.393 e. The molecule has 2 unspecified atom stereocenters. The van der Waals surface area contributed by atoms with Crippen molar-refractivity contribution in [2.75, 3.05) is 18.0 Å². The van der Waals surface area contributed by atoms with Gasteiger partial charge in [-0.3, -0.25) is 20.2 Å². The molecule has 0 saturated carbocycles. The number of piperidine rings is 1. The zero-order chi connectivity index (χ0) is 18.9. The smallest absolute Gasteiger partial charge is 0.393 e. The Bertz CT molecular complexity index is 658. The monoisotopic (exact) mass is 363 g/mol. The number of rotatable bonds is 4. The van der Waals surface area contributed by atoms with Crippen LogP contribution in [0.5, 0.6) is 0 Å². The molecule has 2 atom stereocenters. The van der Waals surface area contributed by atoms with E-state index in [1.807, 2.05) is 0 Å². The van der Waals surface area contributed by atoms with E-state index < -0.39 is 44.8 Å². The Balaban J connectivity index is 2.62. The number of alkyl halides is 3. The molecule has 25 heavy (non-hydrogen) atoms. The van der Waals surface area contributed by atoms with Gasteiger partial charge in [0.05, 0.1) is 21.5 Å². The maximum atomic E-state index is 12.9. The zero-order valence-corrected chi connectivity index (χ0v) is 13.2. The van der Waals surface area contributed by atoms with Gasteiger partial charge < -0.3 is 10.0 Å². The van der Waals surface area contributed by atoms with Gasteiger partial charge in [0.15, 0.2) is 5.69 Å². The number of halogens is 3. The molecular formula is C14H16F3N3O5. The molecule has 1 aromatic carbocycles. The molecule has 1 aliphatic heterocycles. The van der Waals surface area contributed by atoms with Gasteiger partial charge in [0.25, 0.3) is 11.4 Å². The third-order valence-corrected chi connectivity index (χ3v) is 4.25. The lowest BCUT2D eigenvalue weighted by Crippen LogP contribution is -2.40. The van der Waals surface area contributed by atoms with E-state index in [1.54, 1.807) is 0 Å². The summed E-state index contributed by atoms with van der Waals surface area (Å²) < 4.78 is 38.8. The predicted molar refractivity (Wildman–Crippen MR) is 81.4 cm³/mol. The number of hydrogen-bond acceptors (Lipinski definition) is 6. The maximum Gasteiger partial charge on any atom is 0.416 e. The average Bonchev–Trinajstić information content (AvgIpc) is 2.52. The van der Waals surface area contributed by atoms with Crippen LogP contribution in [0.4, 0.5) is 30.2 Å². The summed E-state index contributed by atoms with van der Waals surface area (Å²) in [5.41, 5.74) is -3.83. The number of nitro groups is 2. The van der Waals surface area contributed by atoms with Crippen LogP contribution in [0.2, 0.25) is 0 Å². The lowest BCUT2D eigenvalue weighted by molar-refractivity contribution is -0.393. The van der Waals surface area contributed by atoms with Gasteiger partial charge in [-0.1, -0.05) is 0 Å². The van der Waals surface area contributed by atoms with E-state index in [1.165, 1.54) is 11.8 Å². The van der Waals surface area contributed by atoms with E-state index in [2.05, 4.69) is 0 Å². The van der Waals surface area contributed by atoms with Crippen LogP contribution < -0.4 is 4.90 Å². The summed E-state index contributed by atoms with van der Waals surface area (Å²) >= 11 is 0. The van der Waals surface area contributed by atoms with Crippen molar-refractivity contribution in [1.29, 1.82) is 0 Å². The summed E-state index contributed by atoms with van der Waals surface area (Å²) in [4.78, 5) is 21.8. The Labute approximate surface area is 140 Å². The largest absolute Gasteiger partial charge is 0.416 e. The summed E-state index contributed by atoms with van der Waals surface area (Å²) in [6.45, 7) is 1.84. The van der Waals surface area contributed by atoms with Crippen molar-refractivity contribution >= 4 is 17.1 Å². The quantitative estimate of drug-likeness (QED) is 0.650. The van der Waals surface area contributed by atoms with Gasteiger partial charge in [-0.15, -0.1) is 0 Å². The lowest BCUT2D eigenvalue weighted by atomic mass is 9.92. The summed E-state index contributed by atoms with van der Waals surface area (Å²) in [5, 5.41) is 32.3. The fourth-order valence-electron chi connectivity index (χ4n) is 2.98. The van der Waals surface area contributed by atoms with Crippen molar-refractivity contribution in [2.45, 2.75) is 32.0 Å². The molecule has 0 aliphatic carbocycles. The molecule has 1 N–H and O–H groups in total. The van der Waals surface area contributed by atoms with E-state index >= 15 is 0 Å². The van der Waals surface area contributed by atoms with Crippen LogP contribution in [0.3, 0.4) is 0 Å². The first kappa shape index (κ1) is 18.9. The van der Waals surface area contributed by atoms with Gasteiger partial charge >= 0.3 is 6.18 Å². The Morgan fingerprint density at radius 2 is 1.76 bits per heavy atom. The molecular weight excluding hydrogens is 347 g/mol. The molecule has 1 saturated heterocycles. The number of nitro benzene ring substituents is 2. The molecule has 0 aromatic heterocycles. The standard InChI is InChI=1S/C14H16F3N3O5/c1-8(21)9-3-2-4-18(7-9)13-11(19(22)23)5-10(14(15,16)17)6-12(13)20(24)25/h5-6,8-9,21H,2-4,7H2,1H3. The van der Waals surface area contributed by atoms with Gasteiger partial charge in [-0.2, -0.15) is 13.2 Å². The first-order chi connectivity index (χ1) is 11.5. The van der Waals surface area contributed by atoms with Crippen LogP contribution in [0.25, 0.3) is 0 Å². The SMILES string of the molecule is CC(O)C1CCCN(c2c([N+](=O)[O-])cc(C(F)(F)F)cc2[N+](=O)[O-])C1. The van der Waals surface area contributed by atoms with Crippen molar-refractivity contribution in [3.63, 3.8) is 0 Å². The molecule has 1 aliphatic rings. The number of hydrogen-bond donors (Lipinski definition) is 1. The molecule has 0 amide bonds. The molecule has 1 aromatic rings. The Morgan fingerprint density at radius 3 is 2.16 bits per heavy atom. The highest BCUT2D eigenvalue weighted by molar-refractivity contribution is 5.76. The topological polar surface area (TPSA) is 110 Å². The van der Waals surface area contributed by atoms with Gasteiger partial charge in [0, 0.05) is 31.1 Å². The number of aliphatic hydroxyl groups is 1. The van der Waals surface area contributed by atoms with E-state index in [0.29, 0.717) is 25.0 Å². The number of benzene rings is 1. The molecule has 1 fully saturated rings. The minimum absolute atomic E-state index is 0.0880. The maximum absolute atomic E-state index is 12.9.